The first-order valence-electron chi connectivity index (χ1n) is 3.56. The van der Waals surface area contributed by atoms with Crippen LogP contribution in [0.15, 0.2) is 34.6 Å². The molecule has 0 amide bonds. The third kappa shape index (κ3) is 0.942. The minimum Gasteiger partial charge on any atom is -0.277 e. The Morgan fingerprint density at radius 1 is 1.27 bits per heavy atom. The Morgan fingerprint density at radius 2 is 2.00 bits per heavy atom. The van der Waals surface area contributed by atoms with Crippen molar-refractivity contribution in [2.75, 3.05) is 6.26 Å². The lowest BCUT2D eigenvalue weighted by atomic mass is 10.2. The van der Waals surface area contributed by atoms with Crippen molar-refractivity contribution in [1.82, 2.24) is 0 Å². The second-order valence-electron chi connectivity index (χ2n) is 2.86. The third-order valence-electron chi connectivity index (χ3n) is 1.95. The fourth-order valence-electron chi connectivity index (χ4n) is 1.34. The monoisotopic (exact) mass is 166 g/mol. The van der Waals surface area contributed by atoms with Crippen LogP contribution < -0.4 is 0 Å². The van der Waals surface area contributed by atoms with Gasteiger partial charge in [-0.3, -0.25) is 4.21 Å². The summed E-state index contributed by atoms with van der Waals surface area (Å²) in [4.78, 5) is 1.00. The first-order valence-corrected chi connectivity index (χ1v) is 5.78. The predicted molar refractivity (Wildman–Crippen MR) is 49.2 cm³/mol. The molecule has 11 heavy (non-hydrogen) atoms. The van der Waals surface area contributed by atoms with E-state index in [1.807, 2.05) is 35.7 Å². The zero-order valence-corrected chi connectivity index (χ0v) is 7.21. The maximum Gasteiger partial charge on any atom is 0.0252 e. The van der Waals surface area contributed by atoms with Crippen molar-refractivity contribution in [2.45, 2.75) is 4.90 Å². The largest absolute Gasteiger partial charge is 0.277 e. The van der Waals surface area contributed by atoms with Crippen molar-refractivity contribution in [1.29, 1.82) is 0 Å². The maximum absolute atomic E-state index is 11.7. The van der Waals surface area contributed by atoms with Crippen molar-refractivity contribution >= 4 is 16.0 Å². The summed E-state index contributed by atoms with van der Waals surface area (Å²) in [6.45, 7) is 0. The van der Waals surface area contributed by atoms with Crippen molar-refractivity contribution in [3.05, 3.63) is 35.2 Å². The van der Waals surface area contributed by atoms with Crippen LogP contribution in [0, 0.1) is 0 Å². The summed E-state index contributed by atoms with van der Waals surface area (Å²) in [5.74, 6) is 0. The van der Waals surface area contributed by atoms with Crippen LogP contribution in [0.25, 0.3) is 6.08 Å². The summed E-state index contributed by atoms with van der Waals surface area (Å²) in [7, 11) is -2.11. The van der Waals surface area contributed by atoms with E-state index in [1.54, 1.807) is 6.26 Å². The molecule has 2 rings (SSSR count). The second kappa shape index (κ2) is 2.05. The normalized spacial score (nSPS) is 21.2. The number of thiol groups is 1. The maximum atomic E-state index is 11.7. The number of rotatable bonds is 0. The Kier molecular flexibility index (Phi) is 1.26. The molecule has 0 unspecified atom stereocenters. The highest BCUT2D eigenvalue weighted by Gasteiger charge is 2.16. The van der Waals surface area contributed by atoms with Gasteiger partial charge in [0.15, 0.2) is 0 Å². The summed E-state index contributed by atoms with van der Waals surface area (Å²) in [6, 6.07) is 7.83. The molecule has 1 nitrogen and oxygen atoms in total. The fraction of sp³-hybridized carbons (Fsp3) is 0.111. The molecule has 0 saturated heterocycles. The van der Waals surface area contributed by atoms with Crippen LogP contribution in [0.3, 0.4) is 0 Å². The zero-order valence-electron chi connectivity index (χ0n) is 6.32. The van der Waals surface area contributed by atoms with E-state index in [-0.39, 0.29) is 0 Å². The Balaban J connectivity index is 2.73. The lowest BCUT2D eigenvalue weighted by molar-refractivity contribution is 0.681. The minimum absolute atomic E-state index is 1.00. The molecule has 0 aliphatic carbocycles. The molecule has 0 atom stereocenters. The molecule has 0 N–H and O–H groups in total. The second-order valence-corrected chi connectivity index (χ2v) is 5.63. The van der Waals surface area contributed by atoms with Gasteiger partial charge in [-0.15, -0.1) is 0 Å². The van der Waals surface area contributed by atoms with Gasteiger partial charge in [0, 0.05) is 4.90 Å². The van der Waals surface area contributed by atoms with Crippen LogP contribution in [0.1, 0.15) is 5.56 Å². The van der Waals surface area contributed by atoms with Gasteiger partial charge in [-0.25, -0.2) is 0 Å². The van der Waals surface area contributed by atoms with Crippen LogP contribution in [0.4, 0.5) is 0 Å². The molecule has 1 heterocycles. The highest BCUT2D eigenvalue weighted by atomic mass is 32.2. The van der Waals surface area contributed by atoms with Crippen LogP contribution in [0.5, 0.6) is 0 Å². The molecule has 2 heteroatoms. The molecule has 0 spiro atoms. The summed E-state index contributed by atoms with van der Waals surface area (Å²) in [5, 5.41) is 1.82. The standard InChI is InChI=1S/C9H10OS/c1-11(10)7-6-8-4-2-3-5-9(8)11/h2-7,11H,1H3. The van der Waals surface area contributed by atoms with Crippen LogP contribution in [-0.2, 0) is 9.93 Å². The molecular formula is C9H10OS. The van der Waals surface area contributed by atoms with Gasteiger partial charge >= 0.3 is 0 Å². The van der Waals surface area contributed by atoms with Gasteiger partial charge < -0.3 is 0 Å². The Bertz CT molecular complexity index is 366. The summed E-state index contributed by atoms with van der Waals surface area (Å²) in [5.41, 5.74) is 1.11. The highest BCUT2D eigenvalue weighted by molar-refractivity contribution is 8.05. The number of fused-ring (bicyclic) bond motifs is 1. The van der Waals surface area contributed by atoms with E-state index >= 15 is 0 Å². The molecule has 1 aromatic rings. The predicted octanol–water partition coefficient (Wildman–Crippen LogP) is 1.68. The van der Waals surface area contributed by atoms with E-state index in [4.69, 9.17) is 0 Å². The first-order chi connectivity index (χ1) is 5.20. The summed E-state index contributed by atoms with van der Waals surface area (Å²) >= 11 is 0. The SMILES string of the molecule is C[SH]1(=O)C=Cc2ccccc21. The van der Waals surface area contributed by atoms with Gasteiger partial charge in [0.05, 0.1) is 0 Å². The quantitative estimate of drug-likeness (QED) is 0.580. The number of hydrogen-bond acceptors (Lipinski definition) is 1. The van der Waals surface area contributed by atoms with Gasteiger partial charge in [-0.05, 0) is 29.4 Å². The van der Waals surface area contributed by atoms with Gasteiger partial charge in [-0.1, -0.05) is 28.1 Å². The average molecular weight is 166 g/mol. The molecule has 0 radical (unpaired) electrons. The molecule has 1 aromatic carbocycles. The van der Waals surface area contributed by atoms with Gasteiger partial charge in [0.1, 0.15) is 0 Å². The van der Waals surface area contributed by atoms with E-state index in [1.165, 1.54) is 0 Å². The third-order valence-corrected chi connectivity index (χ3v) is 4.04. The number of benzene rings is 1. The number of hydrogen-bond donors (Lipinski definition) is 1. The van der Waals surface area contributed by atoms with Gasteiger partial charge in [0.25, 0.3) is 0 Å². The van der Waals surface area contributed by atoms with Crippen LogP contribution in [0.2, 0.25) is 0 Å². The van der Waals surface area contributed by atoms with Crippen molar-refractivity contribution < 1.29 is 4.21 Å². The van der Waals surface area contributed by atoms with Crippen molar-refractivity contribution in [2.24, 2.45) is 0 Å². The van der Waals surface area contributed by atoms with E-state index in [9.17, 15) is 4.21 Å². The molecule has 0 fully saturated rings. The molecule has 0 bridgehead atoms. The van der Waals surface area contributed by atoms with E-state index in [2.05, 4.69) is 0 Å². The molecule has 0 aromatic heterocycles. The van der Waals surface area contributed by atoms with E-state index in [0.29, 0.717) is 0 Å². The molecule has 58 valence electrons. The molecule has 1 aliphatic rings. The van der Waals surface area contributed by atoms with Crippen LogP contribution >= 0.6 is 0 Å². The molecular weight excluding hydrogens is 156 g/mol. The summed E-state index contributed by atoms with van der Waals surface area (Å²) < 4.78 is 11.7. The first kappa shape index (κ1) is 6.80. The zero-order chi connectivity index (χ0) is 7.90. The minimum atomic E-state index is -2.11. The Hall–Kier alpha value is -0.890. The Labute approximate surface area is 67.2 Å². The molecule has 1 aliphatic heterocycles. The fourth-order valence-corrected chi connectivity index (χ4v) is 2.99. The Morgan fingerprint density at radius 3 is 2.73 bits per heavy atom. The highest BCUT2D eigenvalue weighted by Crippen LogP contribution is 2.29. The summed E-state index contributed by atoms with van der Waals surface area (Å²) in [6.07, 6.45) is 3.74. The smallest absolute Gasteiger partial charge is 0.0252 e. The lowest BCUT2D eigenvalue weighted by Crippen LogP contribution is -2.01. The van der Waals surface area contributed by atoms with E-state index in [0.717, 1.165) is 10.5 Å². The average Bonchev–Trinajstić information content (AvgIpc) is 2.29. The van der Waals surface area contributed by atoms with Gasteiger partial charge in [-0.2, -0.15) is 0 Å². The molecule has 0 saturated carbocycles. The van der Waals surface area contributed by atoms with Gasteiger partial charge in [0.2, 0.25) is 0 Å². The van der Waals surface area contributed by atoms with Crippen LogP contribution in [-0.4, -0.2) is 10.5 Å². The lowest BCUT2D eigenvalue weighted by Gasteiger charge is -2.09. The topological polar surface area (TPSA) is 17.1 Å². The van der Waals surface area contributed by atoms with Crippen molar-refractivity contribution in [3.63, 3.8) is 0 Å². The van der Waals surface area contributed by atoms with E-state index < -0.39 is 9.93 Å². The van der Waals surface area contributed by atoms with Crippen molar-refractivity contribution in [3.8, 4) is 0 Å².